The molecule has 0 aromatic heterocycles. The molecule has 0 spiro atoms. The van der Waals surface area contributed by atoms with Crippen molar-refractivity contribution < 1.29 is 9.59 Å². The molecule has 0 aliphatic heterocycles. The van der Waals surface area contributed by atoms with E-state index in [1.165, 1.54) is 5.56 Å². The van der Waals surface area contributed by atoms with Crippen LogP contribution in [0.25, 0.3) is 0 Å². The van der Waals surface area contributed by atoms with E-state index in [0.29, 0.717) is 25.9 Å². The van der Waals surface area contributed by atoms with Crippen LogP contribution in [0.15, 0.2) is 91.0 Å². The molecule has 2 amide bonds. The molecule has 1 fully saturated rings. The van der Waals surface area contributed by atoms with Crippen LogP contribution < -0.4 is 10.2 Å². The summed E-state index contributed by atoms with van der Waals surface area (Å²) in [6, 6.07) is 29.5. The summed E-state index contributed by atoms with van der Waals surface area (Å²) in [6.07, 6.45) is 1.95. The van der Waals surface area contributed by atoms with Gasteiger partial charge in [-0.2, -0.15) is 0 Å². The van der Waals surface area contributed by atoms with Crippen LogP contribution in [-0.2, 0) is 22.6 Å². The average Bonchev–Trinajstić information content (AvgIpc) is 3.61. The highest BCUT2D eigenvalue weighted by Gasteiger charge is 2.58. The summed E-state index contributed by atoms with van der Waals surface area (Å²) in [5, 5.41) is 3.00. The van der Waals surface area contributed by atoms with Gasteiger partial charge in [0, 0.05) is 12.2 Å². The smallest absolute Gasteiger partial charge is 0.242 e. The molecule has 0 radical (unpaired) electrons. The summed E-state index contributed by atoms with van der Waals surface area (Å²) in [5.74, 6) is -0.271. The van der Waals surface area contributed by atoms with E-state index in [-0.39, 0.29) is 11.8 Å². The highest BCUT2D eigenvalue weighted by atomic mass is 16.2. The molecule has 0 heterocycles. The van der Waals surface area contributed by atoms with Crippen molar-refractivity contribution in [2.75, 3.05) is 11.4 Å². The summed E-state index contributed by atoms with van der Waals surface area (Å²) in [6.45, 7) is 0.977. The Bertz CT molecular complexity index is 983. The molecular weight excluding hydrogens is 372 g/mol. The lowest BCUT2D eigenvalue weighted by Crippen LogP contribution is -2.45. The number of nitrogens with one attached hydrogen (secondary N) is 1. The molecular formula is C26H26N2O2. The number of hydrogen-bond acceptors (Lipinski definition) is 2. The molecule has 0 unspecified atom stereocenters. The Morgan fingerprint density at radius 3 is 1.87 bits per heavy atom. The number of benzene rings is 3. The van der Waals surface area contributed by atoms with Gasteiger partial charge in [0.05, 0.1) is 6.54 Å². The molecule has 1 saturated carbocycles. The average molecular weight is 399 g/mol. The van der Waals surface area contributed by atoms with E-state index in [4.69, 9.17) is 0 Å². The van der Waals surface area contributed by atoms with Crippen molar-refractivity contribution in [2.24, 2.45) is 5.41 Å². The van der Waals surface area contributed by atoms with Crippen molar-refractivity contribution in [1.29, 1.82) is 0 Å². The maximum atomic E-state index is 13.6. The number of rotatable bonds is 8. The first kappa shape index (κ1) is 19.9. The SMILES string of the molecule is O=C(NCCc1ccccc1)C1(C(=O)N(Cc2ccccc2)c2ccccc2)CC1. The second kappa shape index (κ2) is 8.95. The van der Waals surface area contributed by atoms with Crippen LogP contribution in [0, 0.1) is 5.41 Å². The molecule has 3 aromatic rings. The van der Waals surface area contributed by atoms with E-state index in [0.717, 1.165) is 17.7 Å². The van der Waals surface area contributed by atoms with Crippen molar-refractivity contribution in [3.8, 4) is 0 Å². The molecule has 0 atom stereocenters. The first-order valence-electron chi connectivity index (χ1n) is 10.4. The zero-order chi connectivity index (χ0) is 20.8. The number of hydrogen-bond donors (Lipinski definition) is 1. The molecule has 3 aromatic carbocycles. The third-order valence-corrected chi connectivity index (χ3v) is 5.63. The van der Waals surface area contributed by atoms with Crippen LogP contribution in [0.3, 0.4) is 0 Å². The van der Waals surface area contributed by atoms with Crippen molar-refractivity contribution >= 4 is 17.5 Å². The van der Waals surface area contributed by atoms with E-state index in [2.05, 4.69) is 5.32 Å². The van der Waals surface area contributed by atoms with Crippen LogP contribution >= 0.6 is 0 Å². The van der Waals surface area contributed by atoms with E-state index in [9.17, 15) is 9.59 Å². The molecule has 0 bridgehead atoms. The summed E-state index contributed by atoms with van der Waals surface area (Å²) >= 11 is 0. The van der Waals surface area contributed by atoms with Crippen LogP contribution in [0.1, 0.15) is 24.0 Å². The van der Waals surface area contributed by atoms with Gasteiger partial charge in [0.1, 0.15) is 5.41 Å². The number of carbonyl (C=O) groups excluding carboxylic acids is 2. The highest BCUT2D eigenvalue weighted by Crippen LogP contribution is 2.48. The minimum atomic E-state index is -0.943. The number of nitrogens with zero attached hydrogens (tertiary/aromatic N) is 1. The second-order valence-electron chi connectivity index (χ2n) is 7.79. The van der Waals surface area contributed by atoms with E-state index in [1.807, 2.05) is 91.0 Å². The van der Waals surface area contributed by atoms with Gasteiger partial charge in [0.15, 0.2) is 0 Å². The quantitative estimate of drug-likeness (QED) is 0.573. The Hall–Kier alpha value is -3.40. The molecule has 4 heteroatoms. The lowest BCUT2D eigenvalue weighted by atomic mass is 10.0. The van der Waals surface area contributed by atoms with Crippen molar-refractivity contribution in [3.63, 3.8) is 0 Å². The number of amides is 2. The zero-order valence-corrected chi connectivity index (χ0v) is 17.0. The summed E-state index contributed by atoms with van der Waals surface area (Å²) in [7, 11) is 0. The van der Waals surface area contributed by atoms with Gasteiger partial charge < -0.3 is 10.2 Å². The van der Waals surface area contributed by atoms with Gasteiger partial charge in [0.25, 0.3) is 0 Å². The third-order valence-electron chi connectivity index (χ3n) is 5.63. The maximum absolute atomic E-state index is 13.6. The van der Waals surface area contributed by atoms with Gasteiger partial charge in [-0.1, -0.05) is 78.9 Å². The fourth-order valence-corrected chi connectivity index (χ4v) is 3.71. The normalized spacial score (nSPS) is 14.0. The second-order valence-corrected chi connectivity index (χ2v) is 7.79. The summed E-state index contributed by atoms with van der Waals surface area (Å²) in [5.41, 5.74) is 2.08. The predicted molar refractivity (Wildman–Crippen MR) is 119 cm³/mol. The molecule has 0 saturated heterocycles. The largest absolute Gasteiger partial charge is 0.355 e. The Morgan fingerprint density at radius 1 is 0.767 bits per heavy atom. The molecule has 1 aliphatic carbocycles. The molecule has 30 heavy (non-hydrogen) atoms. The molecule has 1 aliphatic rings. The minimum absolute atomic E-state index is 0.116. The summed E-state index contributed by atoms with van der Waals surface area (Å²) in [4.78, 5) is 28.3. The number of anilines is 1. The van der Waals surface area contributed by atoms with Gasteiger partial charge in [0.2, 0.25) is 11.8 Å². The molecule has 4 rings (SSSR count). The van der Waals surface area contributed by atoms with Gasteiger partial charge in [-0.05, 0) is 42.5 Å². The first-order valence-corrected chi connectivity index (χ1v) is 10.4. The van der Waals surface area contributed by atoms with Crippen molar-refractivity contribution in [1.82, 2.24) is 5.32 Å². The van der Waals surface area contributed by atoms with Crippen LogP contribution in [0.4, 0.5) is 5.69 Å². The highest BCUT2D eigenvalue weighted by molar-refractivity contribution is 6.14. The van der Waals surface area contributed by atoms with Crippen LogP contribution in [-0.4, -0.2) is 18.4 Å². The summed E-state index contributed by atoms with van der Waals surface area (Å²) < 4.78 is 0. The Labute approximate surface area is 177 Å². The number of carbonyl (C=O) groups is 2. The Kier molecular flexibility index (Phi) is 5.94. The van der Waals surface area contributed by atoms with Crippen molar-refractivity contribution in [3.05, 3.63) is 102 Å². The van der Waals surface area contributed by atoms with Crippen molar-refractivity contribution in [2.45, 2.75) is 25.8 Å². The Balaban J connectivity index is 1.48. The van der Waals surface area contributed by atoms with Gasteiger partial charge in [-0.15, -0.1) is 0 Å². The molecule has 4 nitrogen and oxygen atoms in total. The van der Waals surface area contributed by atoms with Gasteiger partial charge in [-0.3, -0.25) is 9.59 Å². The maximum Gasteiger partial charge on any atom is 0.242 e. The minimum Gasteiger partial charge on any atom is -0.355 e. The lowest BCUT2D eigenvalue weighted by Gasteiger charge is -2.27. The monoisotopic (exact) mass is 398 g/mol. The zero-order valence-electron chi connectivity index (χ0n) is 17.0. The fraction of sp³-hybridized carbons (Fsp3) is 0.231. The van der Waals surface area contributed by atoms with E-state index < -0.39 is 5.41 Å². The third kappa shape index (κ3) is 4.43. The Morgan fingerprint density at radius 2 is 1.30 bits per heavy atom. The first-order chi connectivity index (χ1) is 14.7. The van der Waals surface area contributed by atoms with Crippen LogP contribution in [0.5, 0.6) is 0 Å². The van der Waals surface area contributed by atoms with Gasteiger partial charge >= 0.3 is 0 Å². The fourth-order valence-electron chi connectivity index (χ4n) is 3.71. The number of para-hydroxylation sites is 1. The van der Waals surface area contributed by atoms with E-state index in [1.54, 1.807) is 4.90 Å². The van der Waals surface area contributed by atoms with E-state index >= 15 is 0 Å². The molecule has 152 valence electrons. The predicted octanol–water partition coefficient (Wildman–Crippen LogP) is 4.36. The van der Waals surface area contributed by atoms with Crippen LogP contribution in [0.2, 0.25) is 0 Å². The standard InChI is InChI=1S/C26H26N2O2/c29-24(27-19-16-21-10-4-1-5-11-21)26(17-18-26)25(30)28(23-14-8-3-9-15-23)20-22-12-6-2-7-13-22/h1-15H,16-20H2,(H,27,29). The molecule has 1 N–H and O–H groups in total. The van der Waals surface area contributed by atoms with Gasteiger partial charge in [-0.25, -0.2) is 0 Å². The lowest BCUT2D eigenvalue weighted by molar-refractivity contribution is -0.135. The topological polar surface area (TPSA) is 49.4 Å².